The third-order valence-corrected chi connectivity index (χ3v) is 1.96. The van der Waals surface area contributed by atoms with Crippen molar-refractivity contribution in [3.05, 3.63) is 11.1 Å². The molecule has 0 atom stereocenters. The first-order valence-electron chi connectivity index (χ1n) is 5.03. The molecule has 0 aromatic carbocycles. The lowest BCUT2D eigenvalue weighted by atomic mass is 9.95. The summed E-state index contributed by atoms with van der Waals surface area (Å²) in [6.45, 7) is 9.31. The van der Waals surface area contributed by atoms with Crippen LogP contribution < -0.4 is 0 Å². The highest BCUT2D eigenvalue weighted by Crippen LogP contribution is 2.15. The average Bonchev–Trinajstić information content (AvgIpc) is 1.97. The number of carbonyl (C=O) groups excluding carboxylic acids is 2. The van der Waals surface area contributed by atoms with Gasteiger partial charge in [-0.2, -0.15) is 0 Å². The molecule has 0 bridgehead atoms. The minimum absolute atomic E-state index is 0.0540. The molecule has 0 N–H and O–H groups in total. The molecule has 0 heterocycles. The van der Waals surface area contributed by atoms with E-state index in [1.54, 1.807) is 0 Å². The highest BCUT2D eigenvalue weighted by molar-refractivity contribution is 6.00. The van der Waals surface area contributed by atoms with Gasteiger partial charge in [-0.15, -0.1) is 0 Å². The number of ketones is 2. The van der Waals surface area contributed by atoms with Crippen molar-refractivity contribution in [2.45, 2.75) is 47.5 Å². The van der Waals surface area contributed by atoms with Crippen molar-refractivity contribution in [2.24, 2.45) is 5.92 Å². The van der Waals surface area contributed by atoms with Gasteiger partial charge < -0.3 is 0 Å². The van der Waals surface area contributed by atoms with Crippen LogP contribution in [0.25, 0.3) is 0 Å². The van der Waals surface area contributed by atoms with Crippen LogP contribution in [0.5, 0.6) is 0 Å². The van der Waals surface area contributed by atoms with Crippen LogP contribution in [0.15, 0.2) is 11.1 Å². The van der Waals surface area contributed by atoms with Crippen LogP contribution in [0.1, 0.15) is 47.5 Å². The molecule has 0 spiro atoms. The van der Waals surface area contributed by atoms with Crippen LogP contribution in [0.3, 0.4) is 0 Å². The molecule has 0 radical (unpaired) electrons. The van der Waals surface area contributed by atoms with Crippen LogP contribution in [0.2, 0.25) is 0 Å². The van der Waals surface area contributed by atoms with Gasteiger partial charge in [-0.25, -0.2) is 0 Å². The SMILES string of the molecule is CC(=O)CC(C(=O)CC(C)C)=C(C)C. The fourth-order valence-corrected chi connectivity index (χ4v) is 1.30. The van der Waals surface area contributed by atoms with Gasteiger partial charge in [0.15, 0.2) is 5.78 Å². The summed E-state index contributed by atoms with van der Waals surface area (Å²) in [7, 11) is 0. The Bertz CT molecular complexity index is 255. The smallest absolute Gasteiger partial charge is 0.159 e. The van der Waals surface area contributed by atoms with E-state index < -0.39 is 0 Å². The Morgan fingerprint density at radius 2 is 1.57 bits per heavy atom. The van der Waals surface area contributed by atoms with Gasteiger partial charge in [0.05, 0.1) is 0 Å². The van der Waals surface area contributed by atoms with Crippen LogP contribution in [-0.2, 0) is 9.59 Å². The third-order valence-electron chi connectivity index (χ3n) is 1.96. The monoisotopic (exact) mass is 196 g/mol. The Morgan fingerprint density at radius 3 is 1.86 bits per heavy atom. The summed E-state index contributed by atoms with van der Waals surface area (Å²) in [6.07, 6.45) is 0.821. The largest absolute Gasteiger partial charge is 0.300 e. The normalized spacial score (nSPS) is 10.1. The maximum atomic E-state index is 11.7. The summed E-state index contributed by atoms with van der Waals surface area (Å²) < 4.78 is 0. The van der Waals surface area contributed by atoms with Gasteiger partial charge in [0, 0.05) is 18.4 Å². The molecule has 2 nitrogen and oxygen atoms in total. The minimum atomic E-state index is 0.0540. The highest BCUT2D eigenvalue weighted by Gasteiger charge is 2.14. The lowest BCUT2D eigenvalue weighted by Gasteiger charge is -2.09. The lowest BCUT2D eigenvalue weighted by Crippen LogP contribution is -2.10. The van der Waals surface area contributed by atoms with E-state index in [1.165, 1.54) is 6.92 Å². The van der Waals surface area contributed by atoms with Gasteiger partial charge in [-0.1, -0.05) is 19.4 Å². The highest BCUT2D eigenvalue weighted by atomic mass is 16.1. The Morgan fingerprint density at radius 1 is 1.07 bits per heavy atom. The van der Waals surface area contributed by atoms with E-state index >= 15 is 0 Å². The van der Waals surface area contributed by atoms with E-state index in [0.29, 0.717) is 17.9 Å². The summed E-state index contributed by atoms with van der Waals surface area (Å²) in [6, 6.07) is 0. The van der Waals surface area contributed by atoms with Gasteiger partial charge in [0.1, 0.15) is 5.78 Å². The molecule has 0 unspecified atom stereocenters. The molecule has 80 valence electrons. The van der Waals surface area contributed by atoms with E-state index in [0.717, 1.165) is 5.57 Å². The fraction of sp³-hybridized carbons (Fsp3) is 0.667. The molecule has 0 saturated heterocycles. The Kier molecular flexibility index (Phi) is 5.36. The molecule has 0 amide bonds. The number of allylic oxidation sites excluding steroid dienone is 2. The molecule has 0 saturated carbocycles. The number of Topliss-reactive ketones (excluding diaryl/α,β-unsaturated/α-hetero) is 2. The number of rotatable bonds is 5. The topological polar surface area (TPSA) is 34.1 Å². The number of carbonyl (C=O) groups is 2. The molecule has 2 heteroatoms. The van der Waals surface area contributed by atoms with Crippen LogP contribution in [0, 0.1) is 5.92 Å². The molecule has 0 aliphatic heterocycles. The van der Waals surface area contributed by atoms with Crippen molar-refractivity contribution in [3.63, 3.8) is 0 Å². The molecular weight excluding hydrogens is 176 g/mol. The summed E-state index contributed by atoms with van der Waals surface area (Å²) >= 11 is 0. The number of hydrogen-bond donors (Lipinski definition) is 0. The molecule has 14 heavy (non-hydrogen) atoms. The van der Waals surface area contributed by atoms with E-state index in [4.69, 9.17) is 0 Å². The van der Waals surface area contributed by atoms with Gasteiger partial charge in [0.25, 0.3) is 0 Å². The zero-order chi connectivity index (χ0) is 11.3. The molecule has 0 fully saturated rings. The first-order valence-corrected chi connectivity index (χ1v) is 5.03. The standard InChI is InChI=1S/C12H20O2/c1-8(2)6-12(14)11(9(3)4)7-10(5)13/h8H,6-7H2,1-5H3. The predicted molar refractivity (Wildman–Crippen MR) is 58.1 cm³/mol. The summed E-state index contributed by atoms with van der Waals surface area (Å²) in [5.41, 5.74) is 1.66. The zero-order valence-electron chi connectivity index (χ0n) is 9.81. The van der Waals surface area contributed by atoms with Crippen LogP contribution in [-0.4, -0.2) is 11.6 Å². The van der Waals surface area contributed by atoms with Crippen molar-refractivity contribution < 1.29 is 9.59 Å². The number of hydrogen-bond acceptors (Lipinski definition) is 2. The molecule has 0 aromatic rings. The maximum Gasteiger partial charge on any atom is 0.159 e. The van der Waals surface area contributed by atoms with Crippen molar-refractivity contribution in [1.82, 2.24) is 0 Å². The van der Waals surface area contributed by atoms with Gasteiger partial charge in [-0.05, 0) is 26.7 Å². The molecule has 0 aliphatic carbocycles. The van der Waals surface area contributed by atoms with Crippen molar-refractivity contribution in [2.75, 3.05) is 0 Å². The Balaban J connectivity index is 4.61. The van der Waals surface area contributed by atoms with Crippen LogP contribution in [0.4, 0.5) is 0 Å². The Hall–Kier alpha value is -0.920. The zero-order valence-corrected chi connectivity index (χ0v) is 9.81. The van der Waals surface area contributed by atoms with Crippen molar-refractivity contribution in [3.8, 4) is 0 Å². The maximum absolute atomic E-state index is 11.7. The summed E-state index contributed by atoms with van der Waals surface area (Å²) in [5.74, 6) is 0.525. The van der Waals surface area contributed by atoms with Crippen LogP contribution >= 0.6 is 0 Å². The molecule has 0 aliphatic rings. The van der Waals surface area contributed by atoms with Gasteiger partial charge >= 0.3 is 0 Å². The first kappa shape index (κ1) is 13.1. The van der Waals surface area contributed by atoms with Gasteiger partial charge in [-0.3, -0.25) is 9.59 Å². The molecule has 0 aromatic heterocycles. The summed E-state index contributed by atoms with van der Waals surface area (Å²) in [5, 5.41) is 0. The average molecular weight is 196 g/mol. The second kappa shape index (κ2) is 5.74. The van der Waals surface area contributed by atoms with E-state index in [2.05, 4.69) is 0 Å². The quantitative estimate of drug-likeness (QED) is 0.633. The van der Waals surface area contributed by atoms with E-state index in [-0.39, 0.29) is 18.0 Å². The Labute approximate surface area is 86.4 Å². The second-order valence-electron chi connectivity index (χ2n) is 4.38. The summed E-state index contributed by atoms with van der Waals surface area (Å²) in [4.78, 5) is 22.7. The van der Waals surface area contributed by atoms with Crippen molar-refractivity contribution >= 4 is 11.6 Å². The fourth-order valence-electron chi connectivity index (χ4n) is 1.30. The second-order valence-corrected chi connectivity index (χ2v) is 4.38. The molecule has 0 rings (SSSR count). The first-order chi connectivity index (χ1) is 6.34. The molecular formula is C12H20O2. The predicted octanol–water partition coefficient (Wildman–Crippen LogP) is 2.92. The van der Waals surface area contributed by atoms with Crippen molar-refractivity contribution in [1.29, 1.82) is 0 Å². The minimum Gasteiger partial charge on any atom is -0.300 e. The van der Waals surface area contributed by atoms with E-state index in [1.807, 2.05) is 27.7 Å². The lowest BCUT2D eigenvalue weighted by molar-refractivity contribution is -0.120. The van der Waals surface area contributed by atoms with Gasteiger partial charge in [0.2, 0.25) is 0 Å². The third kappa shape index (κ3) is 4.95. The van der Waals surface area contributed by atoms with E-state index in [9.17, 15) is 9.59 Å².